The molecule has 20 heavy (non-hydrogen) atoms. The molecule has 2 rings (SSSR count). The lowest BCUT2D eigenvalue weighted by Crippen LogP contribution is -2.40. The SMILES string of the molecule is CC1(C)CC(Nc2ccc(C(N)=S)c(Br)c2F)CCO1. The minimum absolute atomic E-state index is 0.175. The third-order valence-electron chi connectivity index (χ3n) is 3.40. The van der Waals surface area contributed by atoms with Crippen molar-refractivity contribution in [2.45, 2.75) is 38.3 Å². The van der Waals surface area contributed by atoms with Gasteiger partial charge in [-0.05, 0) is 54.8 Å². The summed E-state index contributed by atoms with van der Waals surface area (Å²) in [5.41, 5.74) is 6.34. The molecule has 3 N–H and O–H groups in total. The average molecular weight is 361 g/mol. The molecule has 0 aromatic heterocycles. The molecule has 1 atom stereocenters. The molecule has 1 aromatic carbocycles. The van der Waals surface area contributed by atoms with Crippen molar-refractivity contribution in [3.63, 3.8) is 0 Å². The molecule has 1 aliphatic heterocycles. The number of benzene rings is 1. The molecule has 0 radical (unpaired) electrons. The van der Waals surface area contributed by atoms with E-state index in [4.69, 9.17) is 22.7 Å². The zero-order chi connectivity index (χ0) is 14.9. The van der Waals surface area contributed by atoms with Crippen molar-refractivity contribution in [1.82, 2.24) is 0 Å². The van der Waals surface area contributed by atoms with Crippen molar-refractivity contribution in [2.24, 2.45) is 5.73 Å². The maximum absolute atomic E-state index is 14.3. The summed E-state index contributed by atoms with van der Waals surface area (Å²) in [6.07, 6.45) is 1.69. The molecule has 0 spiro atoms. The summed E-state index contributed by atoms with van der Waals surface area (Å²) in [5.74, 6) is -0.361. The summed E-state index contributed by atoms with van der Waals surface area (Å²) >= 11 is 8.10. The Kier molecular flexibility index (Phi) is 4.66. The highest BCUT2D eigenvalue weighted by Crippen LogP contribution is 2.31. The first kappa shape index (κ1) is 15.7. The summed E-state index contributed by atoms with van der Waals surface area (Å²) in [7, 11) is 0. The third kappa shape index (κ3) is 3.48. The molecule has 1 aromatic rings. The Morgan fingerprint density at radius 1 is 1.55 bits per heavy atom. The number of nitrogens with one attached hydrogen (secondary N) is 1. The summed E-state index contributed by atoms with van der Waals surface area (Å²) in [6, 6.07) is 3.59. The average Bonchev–Trinajstić information content (AvgIpc) is 2.33. The number of hydrogen-bond acceptors (Lipinski definition) is 3. The summed E-state index contributed by atoms with van der Waals surface area (Å²) in [4.78, 5) is 0.175. The molecular weight excluding hydrogens is 343 g/mol. The van der Waals surface area contributed by atoms with E-state index in [-0.39, 0.29) is 22.4 Å². The lowest BCUT2D eigenvalue weighted by Gasteiger charge is -2.36. The van der Waals surface area contributed by atoms with Crippen LogP contribution in [0.2, 0.25) is 0 Å². The molecule has 0 saturated carbocycles. The van der Waals surface area contributed by atoms with Gasteiger partial charge in [-0.1, -0.05) is 12.2 Å². The van der Waals surface area contributed by atoms with E-state index in [0.717, 1.165) is 12.8 Å². The van der Waals surface area contributed by atoms with Crippen molar-refractivity contribution >= 4 is 38.8 Å². The topological polar surface area (TPSA) is 47.3 Å². The number of rotatable bonds is 3. The van der Waals surface area contributed by atoms with E-state index in [1.807, 2.05) is 13.8 Å². The number of anilines is 1. The highest BCUT2D eigenvalue weighted by Gasteiger charge is 2.29. The molecule has 0 bridgehead atoms. The monoisotopic (exact) mass is 360 g/mol. The maximum Gasteiger partial charge on any atom is 0.161 e. The number of ether oxygens (including phenoxy) is 1. The fourth-order valence-electron chi connectivity index (χ4n) is 2.43. The smallest absolute Gasteiger partial charge is 0.161 e. The quantitative estimate of drug-likeness (QED) is 0.808. The molecule has 110 valence electrons. The van der Waals surface area contributed by atoms with Gasteiger partial charge in [-0.3, -0.25) is 0 Å². The van der Waals surface area contributed by atoms with Crippen LogP contribution in [-0.4, -0.2) is 23.2 Å². The van der Waals surface area contributed by atoms with Gasteiger partial charge in [-0.25, -0.2) is 4.39 Å². The van der Waals surface area contributed by atoms with E-state index in [1.54, 1.807) is 12.1 Å². The molecule has 1 fully saturated rings. The van der Waals surface area contributed by atoms with Gasteiger partial charge in [0.05, 0.1) is 15.8 Å². The van der Waals surface area contributed by atoms with Crippen LogP contribution in [0.15, 0.2) is 16.6 Å². The molecule has 1 saturated heterocycles. The Bertz CT molecular complexity index is 536. The van der Waals surface area contributed by atoms with E-state index in [9.17, 15) is 4.39 Å². The third-order valence-corrected chi connectivity index (χ3v) is 4.40. The Morgan fingerprint density at radius 2 is 2.25 bits per heavy atom. The van der Waals surface area contributed by atoms with E-state index < -0.39 is 0 Å². The van der Waals surface area contributed by atoms with Crippen molar-refractivity contribution in [3.05, 3.63) is 28.0 Å². The standard InChI is InChI=1S/C14H18BrFN2OS/c1-14(2)7-8(5-6-19-14)18-10-4-3-9(13(17)20)11(15)12(10)16/h3-4,8,18H,5-7H2,1-2H3,(H2,17,20). The molecule has 0 aliphatic carbocycles. The zero-order valence-corrected chi connectivity index (χ0v) is 13.9. The molecule has 0 amide bonds. The van der Waals surface area contributed by atoms with Crippen LogP contribution in [0.4, 0.5) is 10.1 Å². The van der Waals surface area contributed by atoms with Crippen LogP contribution < -0.4 is 11.1 Å². The number of thiocarbonyl (C=S) groups is 1. The normalized spacial score (nSPS) is 21.5. The highest BCUT2D eigenvalue weighted by atomic mass is 79.9. The largest absolute Gasteiger partial charge is 0.389 e. The van der Waals surface area contributed by atoms with Crippen LogP contribution in [0.5, 0.6) is 0 Å². The van der Waals surface area contributed by atoms with E-state index in [1.165, 1.54) is 0 Å². The first-order valence-corrected chi connectivity index (χ1v) is 7.68. The van der Waals surface area contributed by atoms with Crippen LogP contribution in [-0.2, 0) is 4.74 Å². The van der Waals surface area contributed by atoms with Gasteiger partial charge in [0.25, 0.3) is 0 Å². The van der Waals surface area contributed by atoms with Gasteiger partial charge in [0, 0.05) is 18.2 Å². The van der Waals surface area contributed by atoms with Crippen molar-refractivity contribution in [3.8, 4) is 0 Å². The number of hydrogen-bond donors (Lipinski definition) is 2. The van der Waals surface area contributed by atoms with Gasteiger partial charge in [0.15, 0.2) is 5.82 Å². The minimum Gasteiger partial charge on any atom is -0.389 e. The van der Waals surface area contributed by atoms with Gasteiger partial charge in [0.2, 0.25) is 0 Å². The molecule has 3 nitrogen and oxygen atoms in total. The second kappa shape index (κ2) is 5.95. The summed E-state index contributed by atoms with van der Waals surface area (Å²) < 4.78 is 20.3. The van der Waals surface area contributed by atoms with Gasteiger partial charge in [-0.2, -0.15) is 0 Å². The fraction of sp³-hybridized carbons (Fsp3) is 0.500. The van der Waals surface area contributed by atoms with E-state index in [0.29, 0.717) is 22.3 Å². The number of nitrogens with two attached hydrogens (primary N) is 1. The lowest BCUT2D eigenvalue weighted by atomic mass is 9.93. The molecule has 1 unspecified atom stereocenters. The van der Waals surface area contributed by atoms with Crippen molar-refractivity contribution < 1.29 is 9.13 Å². The maximum atomic E-state index is 14.3. The van der Waals surface area contributed by atoms with Gasteiger partial charge in [0.1, 0.15) is 4.99 Å². The van der Waals surface area contributed by atoms with Crippen LogP contribution in [0.3, 0.4) is 0 Å². The Balaban J connectivity index is 2.18. The van der Waals surface area contributed by atoms with Crippen LogP contribution in [0, 0.1) is 5.82 Å². The van der Waals surface area contributed by atoms with Crippen molar-refractivity contribution in [2.75, 3.05) is 11.9 Å². The second-order valence-corrected chi connectivity index (χ2v) is 6.83. The molecular formula is C14H18BrFN2OS. The van der Waals surface area contributed by atoms with Crippen LogP contribution >= 0.6 is 28.1 Å². The summed E-state index contributed by atoms with van der Waals surface area (Å²) in [5, 5.41) is 3.24. The second-order valence-electron chi connectivity index (χ2n) is 5.60. The van der Waals surface area contributed by atoms with Gasteiger partial charge < -0.3 is 15.8 Å². The Morgan fingerprint density at radius 3 is 2.85 bits per heavy atom. The first-order chi connectivity index (χ1) is 9.30. The predicted molar refractivity (Wildman–Crippen MR) is 86.7 cm³/mol. The highest BCUT2D eigenvalue weighted by molar-refractivity contribution is 9.10. The van der Waals surface area contributed by atoms with Gasteiger partial charge in [-0.15, -0.1) is 0 Å². The Labute approximate surface area is 132 Å². The van der Waals surface area contributed by atoms with E-state index in [2.05, 4.69) is 21.2 Å². The molecule has 6 heteroatoms. The Hall–Kier alpha value is -0.720. The predicted octanol–water partition coefficient (Wildman–Crippen LogP) is 3.59. The fourth-order valence-corrected chi connectivity index (χ4v) is 3.29. The lowest BCUT2D eigenvalue weighted by molar-refractivity contribution is -0.0553. The number of halogens is 2. The van der Waals surface area contributed by atoms with Crippen molar-refractivity contribution in [1.29, 1.82) is 0 Å². The van der Waals surface area contributed by atoms with E-state index >= 15 is 0 Å². The van der Waals surface area contributed by atoms with Gasteiger partial charge >= 0.3 is 0 Å². The zero-order valence-electron chi connectivity index (χ0n) is 11.5. The van der Waals surface area contributed by atoms with Crippen LogP contribution in [0.1, 0.15) is 32.3 Å². The molecule has 1 aliphatic rings. The molecule has 1 heterocycles. The summed E-state index contributed by atoms with van der Waals surface area (Å²) in [6.45, 7) is 4.77. The first-order valence-electron chi connectivity index (χ1n) is 6.48. The minimum atomic E-state index is -0.361. The van der Waals surface area contributed by atoms with Crippen LogP contribution in [0.25, 0.3) is 0 Å².